The number of hydrogen-bond acceptors (Lipinski definition) is 4. The van der Waals surface area contributed by atoms with Crippen LogP contribution in [0.1, 0.15) is 42.5 Å². The van der Waals surface area contributed by atoms with Gasteiger partial charge in [0.1, 0.15) is 5.82 Å². The third-order valence-electron chi connectivity index (χ3n) is 4.57. The first-order valence-electron chi connectivity index (χ1n) is 8.39. The monoisotopic (exact) mass is 350 g/mol. The minimum Gasteiger partial charge on any atom is -0.351 e. The highest BCUT2D eigenvalue weighted by atomic mass is 19.4. The molecule has 3 rings (SSSR count). The van der Waals surface area contributed by atoms with Gasteiger partial charge in [-0.2, -0.15) is 18.2 Å². The van der Waals surface area contributed by atoms with Crippen LogP contribution < -0.4 is 10.6 Å². The largest absolute Gasteiger partial charge is 0.433 e. The molecule has 0 saturated heterocycles. The zero-order chi connectivity index (χ0) is 18.0. The molecule has 0 bridgehead atoms. The number of hydrogen-bond donors (Lipinski definition) is 2. The lowest BCUT2D eigenvalue weighted by Crippen LogP contribution is -2.19. The highest BCUT2D eigenvalue weighted by molar-refractivity contribution is 5.63. The van der Waals surface area contributed by atoms with Gasteiger partial charge in [0.25, 0.3) is 0 Å². The number of aryl methyl sites for hydroxylation is 1. The van der Waals surface area contributed by atoms with E-state index in [1.807, 2.05) is 32.0 Å². The Kier molecular flexibility index (Phi) is 4.83. The van der Waals surface area contributed by atoms with E-state index < -0.39 is 11.9 Å². The van der Waals surface area contributed by atoms with Crippen LogP contribution in [-0.2, 0) is 6.18 Å². The SMILES string of the molecule is Cc1cccc(Nc2cc(C(F)(F)F)nc(NC3CCCC3)n2)c1C. The maximum Gasteiger partial charge on any atom is 0.433 e. The van der Waals surface area contributed by atoms with Gasteiger partial charge in [0, 0.05) is 17.8 Å². The van der Waals surface area contributed by atoms with Crippen molar-refractivity contribution in [1.29, 1.82) is 0 Å². The van der Waals surface area contributed by atoms with E-state index in [1.54, 1.807) is 0 Å². The van der Waals surface area contributed by atoms with Crippen LogP contribution in [0.15, 0.2) is 24.3 Å². The van der Waals surface area contributed by atoms with Crippen LogP contribution in [0, 0.1) is 13.8 Å². The number of halogens is 3. The fourth-order valence-electron chi connectivity index (χ4n) is 3.00. The van der Waals surface area contributed by atoms with Gasteiger partial charge >= 0.3 is 6.18 Å². The first-order chi connectivity index (χ1) is 11.8. The molecule has 25 heavy (non-hydrogen) atoms. The Morgan fingerprint density at radius 1 is 1.08 bits per heavy atom. The van der Waals surface area contributed by atoms with Gasteiger partial charge in [0.2, 0.25) is 5.95 Å². The summed E-state index contributed by atoms with van der Waals surface area (Å²) in [4.78, 5) is 7.91. The predicted molar refractivity (Wildman–Crippen MR) is 92.1 cm³/mol. The Labute approximate surface area is 144 Å². The third kappa shape index (κ3) is 4.21. The van der Waals surface area contributed by atoms with E-state index in [1.165, 1.54) is 0 Å². The van der Waals surface area contributed by atoms with Crippen molar-refractivity contribution >= 4 is 17.5 Å². The molecule has 1 aliphatic carbocycles. The van der Waals surface area contributed by atoms with Crippen molar-refractivity contribution in [2.75, 3.05) is 10.6 Å². The number of anilines is 3. The molecule has 1 aromatic heterocycles. The minimum absolute atomic E-state index is 0.0227. The van der Waals surface area contributed by atoms with E-state index in [2.05, 4.69) is 20.6 Å². The van der Waals surface area contributed by atoms with E-state index >= 15 is 0 Å². The molecule has 7 heteroatoms. The summed E-state index contributed by atoms with van der Waals surface area (Å²) in [7, 11) is 0. The van der Waals surface area contributed by atoms with Crippen molar-refractivity contribution in [2.24, 2.45) is 0 Å². The Morgan fingerprint density at radius 3 is 2.48 bits per heavy atom. The zero-order valence-corrected chi connectivity index (χ0v) is 14.2. The summed E-state index contributed by atoms with van der Waals surface area (Å²) < 4.78 is 39.6. The molecule has 1 aliphatic rings. The molecule has 1 saturated carbocycles. The van der Waals surface area contributed by atoms with E-state index in [-0.39, 0.29) is 17.8 Å². The lowest BCUT2D eigenvalue weighted by Gasteiger charge is -2.16. The number of rotatable bonds is 4. The number of nitrogens with zero attached hydrogens (tertiary/aromatic N) is 2. The van der Waals surface area contributed by atoms with Gasteiger partial charge in [-0.15, -0.1) is 0 Å². The second kappa shape index (κ2) is 6.90. The van der Waals surface area contributed by atoms with Gasteiger partial charge in [-0.05, 0) is 43.9 Å². The third-order valence-corrected chi connectivity index (χ3v) is 4.57. The van der Waals surface area contributed by atoms with Crippen LogP contribution in [0.25, 0.3) is 0 Å². The molecular weight excluding hydrogens is 329 g/mol. The molecule has 0 radical (unpaired) electrons. The topological polar surface area (TPSA) is 49.8 Å². The molecule has 0 spiro atoms. The zero-order valence-electron chi connectivity index (χ0n) is 14.2. The van der Waals surface area contributed by atoms with Crippen molar-refractivity contribution in [1.82, 2.24) is 9.97 Å². The predicted octanol–water partition coefficient (Wildman–Crippen LogP) is 5.21. The lowest BCUT2D eigenvalue weighted by molar-refractivity contribution is -0.141. The van der Waals surface area contributed by atoms with Gasteiger partial charge in [-0.25, -0.2) is 4.98 Å². The molecular formula is C18H21F3N4. The molecule has 1 fully saturated rings. The van der Waals surface area contributed by atoms with Gasteiger partial charge in [-0.3, -0.25) is 0 Å². The summed E-state index contributed by atoms with van der Waals surface area (Å²) in [6.07, 6.45) is -0.514. The summed E-state index contributed by atoms with van der Waals surface area (Å²) in [6, 6.07) is 6.71. The average molecular weight is 350 g/mol. The molecule has 0 atom stereocenters. The average Bonchev–Trinajstić information content (AvgIpc) is 3.04. The minimum atomic E-state index is -4.52. The maximum atomic E-state index is 13.2. The van der Waals surface area contributed by atoms with Gasteiger partial charge in [0.15, 0.2) is 5.69 Å². The Balaban J connectivity index is 1.92. The number of alkyl halides is 3. The summed E-state index contributed by atoms with van der Waals surface area (Å²) in [5, 5.41) is 6.04. The van der Waals surface area contributed by atoms with Crippen molar-refractivity contribution in [2.45, 2.75) is 51.7 Å². The fraction of sp³-hybridized carbons (Fsp3) is 0.444. The number of nitrogens with one attached hydrogen (secondary N) is 2. The van der Waals surface area contributed by atoms with Crippen molar-refractivity contribution < 1.29 is 13.2 Å². The van der Waals surface area contributed by atoms with Crippen LogP contribution in [0.3, 0.4) is 0 Å². The molecule has 0 unspecified atom stereocenters. The highest BCUT2D eigenvalue weighted by Gasteiger charge is 2.34. The first-order valence-corrected chi connectivity index (χ1v) is 8.39. The van der Waals surface area contributed by atoms with Gasteiger partial charge in [0.05, 0.1) is 0 Å². The molecule has 1 heterocycles. The molecule has 4 nitrogen and oxygen atoms in total. The molecule has 2 aromatic rings. The fourth-order valence-corrected chi connectivity index (χ4v) is 3.00. The van der Waals surface area contributed by atoms with Crippen LogP contribution in [0.5, 0.6) is 0 Å². The maximum absolute atomic E-state index is 13.2. The number of benzene rings is 1. The molecule has 0 aliphatic heterocycles. The molecule has 1 aromatic carbocycles. The van der Waals surface area contributed by atoms with E-state index in [4.69, 9.17) is 0 Å². The van der Waals surface area contributed by atoms with Gasteiger partial charge in [-0.1, -0.05) is 25.0 Å². The highest BCUT2D eigenvalue weighted by Crippen LogP contribution is 2.32. The standard InChI is InChI=1S/C18H21F3N4/c1-11-6-5-9-14(12(11)2)23-16-10-15(18(19,20)21)24-17(25-16)22-13-7-3-4-8-13/h5-6,9-10,13H,3-4,7-8H2,1-2H3,(H2,22,23,24,25). The summed E-state index contributed by atoms with van der Waals surface area (Å²) >= 11 is 0. The van der Waals surface area contributed by atoms with Crippen LogP contribution >= 0.6 is 0 Å². The van der Waals surface area contributed by atoms with Crippen LogP contribution in [-0.4, -0.2) is 16.0 Å². The Hall–Kier alpha value is -2.31. The number of aromatic nitrogens is 2. The van der Waals surface area contributed by atoms with Crippen molar-refractivity contribution in [3.8, 4) is 0 Å². The van der Waals surface area contributed by atoms with Gasteiger partial charge < -0.3 is 10.6 Å². The molecule has 0 amide bonds. The molecule has 2 N–H and O–H groups in total. The second-order valence-electron chi connectivity index (χ2n) is 6.46. The smallest absolute Gasteiger partial charge is 0.351 e. The summed E-state index contributed by atoms with van der Waals surface area (Å²) in [5.74, 6) is 0.158. The van der Waals surface area contributed by atoms with E-state index in [9.17, 15) is 13.2 Å². The summed E-state index contributed by atoms with van der Waals surface area (Å²) in [5.41, 5.74) is 1.81. The van der Waals surface area contributed by atoms with E-state index in [0.717, 1.165) is 48.6 Å². The van der Waals surface area contributed by atoms with Crippen LogP contribution in [0.4, 0.5) is 30.6 Å². The first kappa shape index (κ1) is 17.5. The summed E-state index contributed by atoms with van der Waals surface area (Å²) in [6.45, 7) is 3.87. The normalized spacial score (nSPS) is 15.4. The van der Waals surface area contributed by atoms with E-state index in [0.29, 0.717) is 0 Å². The Morgan fingerprint density at radius 2 is 1.80 bits per heavy atom. The van der Waals surface area contributed by atoms with Crippen molar-refractivity contribution in [3.05, 3.63) is 41.1 Å². The van der Waals surface area contributed by atoms with Crippen LogP contribution in [0.2, 0.25) is 0 Å². The second-order valence-corrected chi connectivity index (χ2v) is 6.46. The van der Waals surface area contributed by atoms with Crippen molar-refractivity contribution in [3.63, 3.8) is 0 Å². The molecule has 134 valence electrons. The lowest BCUT2D eigenvalue weighted by atomic mass is 10.1. The Bertz CT molecular complexity index is 752. The quantitative estimate of drug-likeness (QED) is 0.795.